The molecule has 0 bridgehead atoms. The summed E-state index contributed by atoms with van der Waals surface area (Å²) in [4.78, 5) is 11.6. The van der Waals surface area contributed by atoms with Gasteiger partial charge in [-0.05, 0) is 17.7 Å². The zero-order valence-electron chi connectivity index (χ0n) is 10.1. The van der Waals surface area contributed by atoms with Crippen LogP contribution in [-0.2, 0) is 4.33 Å². The normalized spacial score (nSPS) is 13.1. The van der Waals surface area contributed by atoms with Crippen LogP contribution in [-0.4, -0.2) is 22.1 Å². The molecule has 1 unspecified atom stereocenters. The van der Waals surface area contributed by atoms with Gasteiger partial charge in [-0.2, -0.15) is 0 Å². The van der Waals surface area contributed by atoms with Crippen LogP contribution in [0.5, 0.6) is 5.75 Å². The van der Waals surface area contributed by atoms with Gasteiger partial charge >= 0.3 is 0 Å². The van der Waals surface area contributed by atoms with Crippen LogP contribution in [0.2, 0.25) is 0 Å². The van der Waals surface area contributed by atoms with Crippen molar-refractivity contribution in [3.63, 3.8) is 0 Å². The fraction of sp³-hybridized carbons (Fsp3) is 0.250. The van der Waals surface area contributed by atoms with E-state index in [1.807, 2.05) is 18.2 Å². The molecule has 0 fully saturated rings. The molecular weight excluding hydrogens is 287 g/mol. The Morgan fingerprint density at radius 1 is 1.26 bits per heavy atom. The molecule has 0 aliphatic heterocycles. The van der Waals surface area contributed by atoms with Gasteiger partial charge < -0.3 is 10.5 Å². The Morgan fingerprint density at radius 2 is 1.95 bits per heavy atom. The average molecular weight is 299 g/mol. The van der Waals surface area contributed by atoms with Gasteiger partial charge in [0.25, 0.3) is 0 Å². The standard InChI is InChI=1S/C12H12Cl2N4O/c1-19-9-4-2-3-8(5-9)10(15)12(13,14)11-17-6-16-7-18-11/h2-7,10H,15H2,1H3. The molecule has 1 heterocycles. The molecular formula is C12H12Cl2N4O. The molecule has 7 heteroatoms. The highest BCUT2D eigenvalue weighted by molar-refractivity contribution is 6.48. The first-order chi connectivity index (χ1) is 9.05. The first-order valence-electron chi connectivity index (χ1n) is 5.45. The maximum atomic E-state index is 6.29. The van der Waals surface area contributed by atoms with Crippen LogP contribution in [0.1, 0.15) is 17.4 Å². The molecule has 100 valence electrons. The molecule has 2 rings (SSSR count). The van der Waals surface area contributed by atoms with Crippen molar-refractivity contribution in [1.29, 1.82) is 0 Å². The lowest BCUT2D eigenvalue weighted by molar-refractivity contribution is 0.413. The number of hydrogen-bond donors (Lipinski definition) is 1. The molecule has 0 amide bonds. The first-order valence-corrected chi connectivity index (χ1v) is 6.21. The molecule has 0 saturated carbocycles. The number of alkyl halides is 2. The maximum absolute atomic E-state index is 6.29. The zero-order valence-corrected chi connectivity index (χ0v) is 11.6. The van der Waals surface area contributed by atoms with Gasteiger partial charge in [0.1, 0.15) is 18.4 Å². The van der Waals surface area contributed by atoms with Crippen LogP contribution in [0.15, 0.2) is 36.9 Å². The van der Waals surface area contributed by atoms with Crippen molar-refractivity contribution in [3.8, 4) is 5.75 Å². The van der Waals surface area contributed by atoms with Gasteiger partial charge in [0.2, 0.25) is 0 Å². The van der Waals surface area contributed by atoms with Gasteiger partial charge in [0, 0.05) is 0 Å². The smallest absolute Gasteiger partial charge is 0.196 e. The minimum Gasteiger partial charge on any atom is -0.497 e. The lowest BCUT2D eigenvalue weighted by Crippen LogP contribution is -2.30. The summed E-state index contributed by atoms with van der Waals surface area (Å²) in [6.45, 7) is 0. The van der Waals surface area contributed by atoms with Crippen LogP contribution in [0.4, 0.5) is 0 Å². The molecule has 19 heavy (non-hydrogen) atoms. The SMILES string of the molecule is COc1cccc(C(N)C(Cl)(Cl)c2ncncn2)c1. The van der Waals surface area contributed by atoms with Crippen molar-refractivity contribution >= 4 is 23.2 Å². The van der Waals surface area contributed by atoms with Gasteiger partial charge in [-0.25, -0.2) is 15.0 Å². The summed E-state index contributed by atoms with van der Waals surface area (Å²) in [5.74, 6) is 0.883. The highest BCUT2D eigenvalue weighted by Gasteiger charge is 2.38. The van der Waals surface area contributed by atoms with Crippen molar-refractivity contribution < 1.29 is 4.74 Å². The Kier molecular flexibility index (Phi) is 4.19. The van der Waals surface area contributed by atoms with E-state index in [-0.39, 0.29) is 5.82 Å². The van der Waals surface area contributed by atoms with Crippen molar-refractivity contribution in [2.75, 3.05) is 7.11 Å². The lowest BCUT2D eigenvalue weighted by atomic mass is 10.0. The number of ether oxygens (including phenoxy) is 1. The number of nitrogens with two attached hydrogens (primary N) is 1. The zero-order chi connectivity index (χ0) is 13.9. The van der Waals surface area contributed by atoms with E-state index in [9.17, 15) is 0 Å². The number of methoxy groups -OCH3 is 1. The van der Waals surface area contributed by atoms with E-state index < -0.39 is 10.4 Å². The van der Waals surface area contributed by atoms with Gasteiger partial charge in [0.15, 0.2) is 10.2 Å². The van der Waals surface area contributed by atoms with Gasteiger partial charge in [-0.1, -0.05) is 35.3 Å². The number of nitrogens with zero attached hydrogens (tertiary/aromatic N) is 3. The van der Waals surface area contributed by atoms with E-state index in [0.717, 1.165) is 5.56 Å². The van der Waals surface area contributed by atoms with Crippen LogP contribution in [0, 0.1) is 0 Å². The molecule has 0 aliphatic rings. The molecule has 0 spiro atoms. The number of benzene rings is 1. The van der Waals surface area contributed by atoms with Crippen molar-refractivity contribution in [2.45, 2.75) is 10.4 Å². The van der Waals surface area contributed by atoms with Gasteiger partial charge in [-0.15, -0.1) is 0 Å². The summed E-state index contributed by atoms with van der Waals surface area (Å²) < 4.78 is 3.69. The first kappa shape index (κ1) is 14.0. The van der Waals surface area contributed by atoms with Crippen LogP contribution in [0.3, 0.4) is 0 Å². The molecule has 1 atom stereocenters. The van der Waals surface area contributed by atoms with Gasteiger partial charge in [-0.3, -0.25) is 0 Å². The number of hydrogen-bond acceptors (Lipinski definition) is 5. The molecule has 0 saturated heterocycles. The Labute approximate surface area is 120 Å². The van der Waals surface area contributed by atoms with Crippen molar-refractivity contribution in [1.82, 2.24) is 15.0 Å². The predicted molar refractivity (Wildman–Crippen MR) is 73.1 cm³/mol. The van der Waals surface area contributed by atoms with Crippen molar-refractivity contribution in [3.05, 3.63) is 48.3 Å². The summed E-state index contributed by atoms with van der Waals surface area (Å²) in [7, 11) is 1.57. The van der Waals surface area contributed by atoms with E-state index in [4.69, 9.17) is 33.7 Å². The Balaban J connectivity index is 2.34. The van der Waals surface area contributed by atoms with E-state index in [1.165, 1.54) is 12.7 Å². The fourth-order valence-corrected chi connectivity index (χ4v) is 2.04. The molecule has 1 aromatic carbocycles. The van der Waals surface area contributed by atoms with E-state index in [1.54, 1.807) is 13.2 Å². The van der Waals surface area contributed by atoms with Gasteiger partial charge in [0.05, 0.1) is 13.2 Å². The van der Waals surface area contributed by atoms with E-state index in [0.29, 0.717) is 5.75 Å². The quantitative estimate of drug-likeness (QED) is 0.876. The minimum atomic E-state index is -1.45. The van der Waals surface area contributed by atoms with Crippen LogP contribution in [0.25, 0.3) is 0 Å². The monoisotopic (exact) mass is 298 g/mol. The Bertz CT molecular complexity index is 550. The molecule has 0 radical (unpaired) electrons. The second kappa shape index (κ2) is 5.69. The third-order valence-electron chi connectivity index (χ3n) is 2.64. The molecule has 2 N–H and O–H groups in total. The summed E-state index contributed by atoms with van der Waals surface area (Å²) in [6.07, 6.45) is 2.64. The van der Waals surface area contributed by atoms with Crippen molar-refractivity contribution in [2.24, 2.45) is 5.73 Å². The largest absolute Gasteiger partial charge is 0.497 e. The highest BCUT2D eigenvalue weighted by atomic mass is 35.5. The summed E-state index contributed by atoms with van der Waals surface area (Å²) in [5.41, 5.74) is 6.84. The Hall–Kier alpha value is -1.43. The predicted octanol–water partition coefficient (Wildman–Crippen LogP) is 2.21. The summed E-state index contributed by atoms with van der Waals surface area (Å²) >= 11 is 12.6. The number of aromatic nitrogens is 3. The number of rotatable bonds is 4. The third kappa shape index (κ3) is 2.94. The fourth-order valence-electron chi connectivity index (χ4n) is 1.59. The van der Waals surface area contributed by atoms with E-state index in [2.05, 4.69) is 15.0 Å². The summed E-state index contributed by atoms with van der Waals surface area (Å²) in [5, 5.41) is 0. The maximum Gasteiger partial charge on any atom is 0.196 e. The van der Waals surface area contributed by atoms with E-state index >= 15 is 0 Å². The molecule has 2 aromatic rings. The second-order valence-corrected chi connectivity index (χ2v) is 5.22. The number of halogens is 2. The minimum absolute atomic E-state index is 0.209. The Morgan fingerprint density at radius 3 is 2.58 bits per heavy atom. The highest BCUT2D eigenvalue weighted by Crippen LogP contribution is 2.42. The topological polar surface area (TPSA) is 73.9 Å². The molecule has 5 nitrogen and oxygen atoms in total. The third-order valence-corrected chi connectivity index (χ3v) is 3.44. The van der Waals surface area contributed by atoms with Crippen LogP contribution >= 0.6 is 23.2 Å². The average Bonchev–Trinajstić information content (AvgIpc) is 2.47. The molecule has 1 aromatic heterocycles. The lowest BCUT2D eigenvalue weighted by Gasteiger charge is -2.25. The second-order valence-electron chi connectivity index (χ2n) is 3.84. The van der Waals surface area contributed by atoms with Crippen LogP contribution < -0.4 is 10.5 Å². The molecule has 0 aliphatic carbocycles. The summed E-state index contributed by atoms with van der Waals surface area (Å²) in [6, 6.07) is 6.50.